The number of fused-ring (bicyclic) bond motifs is 3. The summed E-state index contributed by atoms with van der Waals surface area (Å²) in [4.78, 5) is 39.2. The zero-order valence-corrected chi connectivity index (χ0v) is 16.4. The van der Waals surface area contributed by atoms with Gasteiger partial charge >= 0.3 is 0 Å². The van der Waals surface area contributed by atoms with Gasteiger partial charge in [-0.2, -0.15) is 0 Å². The quantitative estimate of drug-likeness (QED) is 0.792. The lowest BCUT2D eigenvalue weighted by molar-refractivity contribution is -0.157. The summed E-state index contributed by atoms with van der Waals surface area (Å²) in [6, 6.07) is 7.35. The van der Waals surface area contributed by atoms with Crippen molar-refractivity contribution in [2.24, 2.45) is 29.4 Å². The summed E-state index contributed by atoms with van der Waals surface area (Å²) in [5, 5.41) is 3.14. The molecule has 4 fully saturated rings. The van der Waals surface area contributed by atoms with Crippen molar-refractivity contribution < 1.29 is 19.1 Å². The molecule has 2 heterocycles. The van der Waals surface area contributed by atoms with Crippen LogP contribution in [0.1, 0.15) is 48.9 Å². The first-order valence-corrected chi connectivity index (χ1v) is 10.7. The number of rotatable bonds is 2. The standard InChI is InChI=1S/C22H27N3O4/c23-19(26)13-7-9-25(10-8-13)21(28)17-11-15-6-5-14(17)12-22(15)24-20(27)16-3-1-2-4-18(16)29-22/h1-4,13-15,17H,5-12H2,(H2,23,26)(H,24,27). The van der Waals surface area contributed by atoms with E-state index in [-0.39, 0.29) is 41.4 Å². The van der Waals surface area contributed by atoms with Crippen LogP contribution in [0.25, 0.3) is 0 Å². The lowest BCUT2D eigenvalue weighted by Gasteiger charge is -2.55. The first-order chi connectivity index (χ1) is 14.0. The van der Waals surface area contributed by atoms with Crippen molar-refractivity contribution in [1.29, 1.82) is 0 Å². The van der Waals surface area contributed by atoms with Crippen molar-refractivity contribution in [3.8, 4) is 5.75 Å². The van der Waals surface area contributed by atoms with Gasteiger partial charge in [0.25, 0.3) is 5.91 Å². The zero-order chi connectivity index (χ0) is 20.2. The van der Waals surface area contributed by atoms with Gasteiger partial charge in [0.1, 0.15) is 5.75 Å². The Morgan fingerprint density at radius 2 is 1.90 bits per heavy atom. The maximum Gasteiger partial charge on any atom is 0.258 e. The van der Waals surface area contributed by atoms with E-state index in [9.17, 15) is 14.4 Å². The lowest BCUT2D eigenvalue weighted by atomic mass is 9.59. The molecule has 3 aliphatic carbocycles. The smallest absolute Gasteiger partial charge is 0.258 e. The predicted octanol–water partition coefficient (Wildman–Crippen LogP) is 1.67. The summed E-state index contributed by atoms with van der Waals surface area (Å²) in [6.07, 6.45) is 4.67. The third-order valence-electron chi connectivity index (χ3n) is 7.49. The molecule has 1 saturated heterocycles. The monoisotopic (exact) mass is 397 g/mol. The van der Waals surface area contributed by atoms with E-state index in [1.807, 2.05) is 23.1 Å². The van der Waals surface area contributed by atoms with Crippen LogP contribution in [0.5, 0.6) is 5.75 Å². The van der Waals surface area contributed by atoms with Gasteiger partial charge in [-0.15, -0.1) is 0 Å². The number of benzene rings is 1. The Hall–Kier alpha value is -2.57. The summed E-state index contributed by atoms with van der Waals surface area (Å²) >= 11 is 0. The Kier molecular flexibility index (Phi) is 4.29. The molecule has 1 spiro atoms. The summed E-state index contributed by atoms with van der Waals surface area (Å²) in [6.45, 7) is 1.21. The van der Waals surface area contributed by atoms with Gasteiger partial charge in [-0.25, -0.2) is 0 Å². The van der Waals surface area contributed by atoms with E-state index in [4.69, 9.17) is 10.5 Å². The molecule has 29 heavy (non-hydrogen) atoms. The summed E-state index contributed by atoms with van der Waals surface area (Å²) in [7, 11) is 0. The molecule has 5 aliphatic rings. The topological polar surface area (TPSA) is 102 Å². The molecule has 1 aromatic rings. The number of nitrogens with zero attached hydrogens (tertiary/aromatic N) is 1. The van der Waals surface area contributed by atoms with Gasteiger partial charge in [-0.05, 0) is 50.2 Å². The summed E-state index contributed by atoms with van der Waals surface area (Å²) in [5.41, 5.74) is 5.30. The number of piperidine rings is 1. The Bertz CT molecular complexity index is 863. The maximum absolute atomic E-state index is 13.2. The van der Waals surface area contributed by atoms with Gasteiger partial charge in [0.05, 0.1) is 5.56 Å². The fourth-order valence-electron chi connectivity index (χ4n) is 5.88. The van der Waals surface area contributed by atoms with Crippen LogP contribution in [0.3, 0.4) is 0 Å². The molecule has 4 unspecified atom stereocenters. The number of nitrogens with two attached hydrogens (primary N) is 1. The fourth-order valence-corrected chi connectivity index (χ4v) is 5.88. The second-order valence-electron chi connectivity index (χ2n) is 9.02. The van der Waals surface area contributed by atoms with Crippen LogP contribution in [-0.4, -0.2) is 41.4 Å². The van der Waals surface area contributed by atoms with Crippen LogP contribution < -0.4 is 15.8 Å². The van der Waals surface area contributed by atoms with E-state index in [1.54, 1.807) is 6.07 Å². The van der Waals surface area contributed by atoms with Crippen molar-refractivity contribution in [3.05, 3.63) is 29.8 Å². The molecule has 1 aromatic carbocycles. The minimum atomic E-state index is -0.690. The number of hydrogen-bond donors (Lipinski definition) is 2. The van der Waals surface area contributed by atoms with E-state index in [2.05, 4.69) is 5.32 Å². The van der Waals surface area contributed by atoms with Crippen LogP contribution >= 0.6 is 0 Å². The van der Waals surface area contributed by atoms with E-state index in [1.165, 1.54) is 0 Å². The van der Waals surface area contributed by atoms with Crippen LogP contribution in [-0.2, 0) is 9.59 Å². The van der Waals surface area contributed by atoms with Crippen molar-refractivity contribution in [1.82, 2.24) is 10.2 Å². The predicted molar refractivity (Wildman–Crippen MR) is 105 cm³/mol. The third kappa shape index (κ3) is 2.98. The van der Waals surface area contributed by atoms with E-state index in [0.717, 1.165) is 19.3 Å². The number of para-hydroxylation sites is 1. The molecule has 6 rings (SSSR count). The van der Waals surface area contributed by atoms with Crippen molar-refractivity contribution >= 4 is 17.7 Å². The number of likely N-dealkylation sites (tertiary alicyclic amines) is 1. The van der Waals surface area contributed by atoms with Gasteiger partial charge in [-0.1, -0.05) is 12.1 Å². The van der Waals surface area contributed by atoms with Gasteiger partial charge in [0.15, 0.2) is 5.72 Å². The summed E-state index contributed by atoms with van der Waals surface area (Å²) in [5.74, 6) is 0.671. The second kappa shape index (κ2) is 6.75. The van der Waals surface area contributed by atoms with Gasteiger partial charge in [-0.3, -0.25) is 14.4 Å². The first-order valence-electron chi connectivity index (χ1n) is 10.7. The number of carbonyl (C=O) groups excluding carboxylic acids is 3. The Morgan fingerprint density at radius 1 is 1.14 bits per heavy atom. The number of carbonyl (C=O) groups is 3. The fraction of sp³-hybridized carbons (Fsp3) is 0.591. The average molecular weight is 397 g/mol. The zero-order valence-electron chi connectivity index (χ0n) is 16.4. The Morgan fingerprint density at radius 3 is 2.59 bits per heavy atom. The molecule has 3 amide bonds. The van der Waals surface area contributed by atoms with Crippen molar-refractivity contribution in [2.75, 3.05) is 13.1 Å². The third-order valence-corrected chi connectivity index (χ3v) is 7.49. The van der Waals surface area contributed by atoms with E-state index >= 15 is 0 Å². The molecule has 154 valence electrons. The molecule has 3 saturated carbocycles. The van der Waals surface area contributed by atoms with Crippen molar-refractivity contribution in [3.63, 3.8) is 0 Å². The summed E-state index contributed by atoms with van der Waals surface area (Å²) < 4.78 is 6.37. The number of nitrogens with one attached hydrogen (secondary N) is 1. The highest BCUT2D eigenvalue weighted by Gasteiger charge is 2.57. The molecule has 0 radical (unpaired) electrons. The first kappa shape index (κ1) is 18.5. The minimum absolute atomic E-state index is 0.0258. The molecular weight excluding hydrogens is 370 g/mol. The van der Waals surface area contributed by atoms with E-state index < -0.39 is 5.72 Å². The van der Waals surface area contributed by atoms with Crippen molar-refractivity contribution in [2.45, 2.75) is 44.2 Å². The molecular formula is C22H27N3O4. The van der Waals surface area contributed by atoms with Crippen LogP contribution in [0.2, 0.25) is 0 Å². The van der Waals surface area contributed by atoms with E-state index in [0.29, 0.717) is 43.7 Å². The maximum atomic E-state index is 13.2. The average Bonchev–Trinajstić information content (AvgIpc) is 2.73. The van der Waals surface area contributed by atoms with Crippen LogP contribution in [0.4, 0.5) is 0 Å². The highest BCUT2D eigenvalue weighted by Crippen LogP contribution is 2.52. The largest absolute Gasteiger partial charge is 0.467 e. The Balaban J connectivity index is 1.31. The number of amides is 3. The lowest BCUT2D eigenvalue weighted by Crippen LogP contribution is -2.67. The van der Waals surface area contributed by atoms with Crippen LogP contribution in [0.15, 0.2) is 24.3 Å². The molecule has 7 nitrogen and oxygen atoms in total. The molecule has 0 aromatic heterocycles. The SMILES string of the molecule is NC(=O)C1CCN(C(=O)C2CC3CCC2CC32NC(=O)c3ccccc3O2)CC1. The number of hydrogen-bond acceptors (Lipinski definition) is 4. The molecule has 4 atom stereocenters. The van der Waals surface area contributed by atoms with Gasteiger partial charge in [0, 0.05) is 37.3 Å². The molecule has 2 bridgehead atoms. The van der Waals surface area contributed by atoms with Crippen LogP contribution in [0, 0.1) is 23.7 Å². The number of primary amides is 1. The Labute approximate surface area is 169 Å². The molecule has 3 N–H and O–H groups in total. The number of ether oxygens (including phenoxy) is 1. The highest BCUT2D eigenvalue weighted by molar-refractivity contribution is 5.98. The second-order valence-corrected chi connectivity index (χ2v) is 9.02. The minimum Gasteiger partial charge on any atom is -0.467 e. The molecule has 7 heteroatoms. The molecule has 2 aliphatic heterocycles. The van der Waals surface area contributed by atoms with Gasteiger partial charge < -0.3 is 20.7 Å². The normalized spacial score (nSPS) is 33.7. The highest BCUT2D eigenvalue weighted by atomic mass is 16.5. The van der Waals surface area contributed by atoms with Gasteiger partial charge in [0.2, 0.25) is 11.8 Å².